The maximum absolute atomic E-state index is 14.4. The first-order valence-electron chi connectivity index (χ1n) is 10.8. The minimum atomic E-state index is -0.378. The average Bonchev–Trinajstić information content (AvgIpc) is 3.10. The molecule has 0 aliphatic carbocycles. The first-order chi connectivity index (χ1) is 16.0. The number of aliphatic hydroxyl groups is 1. The zero-order valence-electron chi connectivity index (χ0n) is 18.8. The summed E-state index contributed by atoms with van der Waals surface area (Å²) in [6.07, 6.45) is 1.56. The minimum absolute atomic E-state index is 0.101. The van der Waals surface area contributed by atoms with Crippen LogP contribution in [0.25, 0.3) is 22.3 Å². The van der Waals surface area contributed by atoms with E-state index in [0.717, 1.165) is 5.56 Å². The van der Waals surface area contributed by atoms with Gasteiger partial charge in [-0.05, 0) is 43.7 Å². The summed E-state index contributed by atoms with van der Waals surface area (Å²) in [4.78, 5) is 17.9. The molecule has 0 fully saturated rings. The van der Waals surface area contributed by atoms with Crippen molar-refractivity contribution in [2.75, 3.05) is 20.3 Å². The molecule has 172 valence electrons. The molecule has 1 atom stereocenters. The minimum Gasteiger partial charge on any atom is -0.493 e. The van der Waals surface area contributed by atoms with Crippen LogP contribution < -0.4 is 15.2 Å². The van der Waals surface area contributed by atoms with Crippen LogP contribution in [0.5, 0.6) is 11.5 Å². The molecule has 0 radical (unpaired) electrons. The normalized spacial score (nSPS) is 12.2. The molecule has 0 saturated carbocycles. The molecule has 0 unspecified atom stereocenters. The van der Waals surface area contributed by atoms with Gasteiger partial charge in [0.1, 0.15) is 5.82 Å². The van der Waals surface area contributed by atoms with E-state index in [1.807, 2.05) is 26.0 Å². The van der Waals surface area contributed by atoms with E-state index in [1.165, 1.54) is 10.6 Å². The molecule has 0 spiro atoms. The van der Waals surface area contributed by atoms with Crippen molar-refractivity contribution in [1.82, 2.24) is 14.1 Å². The lowest BCUT2D eigenvalue weighted by atomic mass is 10.1. The number of aromatic nitrogens is 3. The summed E-state index contributed by atoms with van der Waals surface area (Å²) in [5.74, 6) is 0.825. The molecule has 8 heteroatoms. The molecule has 0 aliphatic heterocycles. The van der Waals surface area contributed by atoms with Gasteiger partial charge in [-0.25, -0.2) is 14.2 Å². The van der Waals surface area contributed by atoms with Crippen molar-refractivity contribution in [3.63, 3.8) is 0 Å². The van der Waals surface area contributed by atoms with Crippen LogP contribution in [0, 0.1) is 5.82 Å². The van der Waals surface area contributed by atoms with Gasteiger partial charge >= 0.3 is 5.69 Å². The van der Waals surface area contributed by atoms with Crippen molar-refractivity contribution in [2.45, 2.75) is 26.4 Å². The number of nitrogens with zero attached hydrogens (tertiary/aromatic N) is 3. The standard InChI is InChI=1S/C25H26FN3O4/c1-4-33-23-14-17(9-10-22(23)32-3)16(2)29-24-21(28(11-12-30)25(29)31)13-18(15-27-24)19-7-5-6-8-20(19)26/h5-10,13-16,30H,4,11-12H2,1-3H3/t16-/m1/s1. The Balaban J connectivity index is 1.88. The van der Waals surface area contributed by atoms with Gasteiger partial charge in [-0.3, -0.25) is 9.13 Å². The van der Waals surface area contributed by atoms with E-state index in [2.05, 4.69) is 4.98 Å². The van der Waals surface area contributed by atoms with Crippen LogP contribution in [-0.2, 0) is 6.54 Å². The summed E-state index contributed by atoms with van der Waals surface area (Å²) in [5, 5.41) is 9.57. The third kappa shape index (κ3) is 4.09. The molecule has 2 aromatic carbocycles. The van der Waals surface area contributed by atoms with Gasteiger partial charge in [0, 0.05) is 17.3 Å². The molecule has 0 amide bonds. The lowest BCUT2D eigenvalue weighted by Crippen LogP contribution is -2.28. The summed E-state index contributed by atoms with van der Waals surface area (Å²) in [6.45, 7) is 4.15. The Kier molecular flexibility index (Phi) is 6.46. The van der Waals surface area contributed by atoms with E-state index in [9.17, 15) is 14.3 Å². The van der Waals surface area contributed by atoms with Crippen LogP contribution >= 0.6 is 0 Å². The summed E-state index contributed by atoms with van der Waals surface area (Å²) < 4.78 is 28.5. The quantitative estimate of drug-likeness (QED) is 0.438. The number of benzene rings is 2. The molecule has 0 aliphatic rings. The second kappa shape index (κ2) is 9.46. The Hall–Kier alpha value is -3.65. The van der Waals surface area contributed by atoms with Crippen molar-refractivity contribution in [3.05, 3.63) is 76.6 Å². The highest BCUT2D eigenvalue weighted by molar-refractivity contribution is 5.79. The first-order valence-corrected chi connectivity index (χ1v) is 10.8. The van der Waals surface area contributed by atoms with Crippen LogP contribution in [0.15, 0.2) is 59.5 Å². The second-order valence-electron chi connectivity index (χ2n) is 7.59. The summed E-state index contributed by atoms with van der Waals surface area (Å²) >= 11 is 0. The highest BCUT2D eigenvalue weighted by Crippen LogP contribution is 2.32. The van der Waals surface area contributed by atoms with Crippen LogP contribution in [-0.4, -0.2) is 39.5 Å². The van der Waals surface area contributed by atoms with Gasteiger partial charge in [0.25, 0.3) is 0 Å². The largest absolute Gasteiger partial charge is 0.493 e. The molecule has 2 aromatic heterocycles. The van der Waals surface area contributed by atoms with E-state index in [1.54, 1.807) is 48.2 Å². The van der Waals surface area contributed by atoms with Gasteiger partial charge in [-0.2, -0.15) is 0 Å². The molecule has 7 nitrogen and oxygen atoms in total. The van der Waals surface area contributed by atoms with E-state index < -0.39 is 0 Å². The molecule has 4 aromatic rings. The molecular formula is C25H26FN3O4. The van der Waals surface area contributed by atoms with Crippen molar-refractivity contribution in [1.29, 1.82) is 0 Å². The smallest absolute Gasteiger partial charge is 0.330 e. The fraction of sp³-hybridized carbons (Fsp3) is 0.280. The number of hydrogen-bond donors (Lipinski definition) is 1. The average molecular weight is 451 g/mol. The van der Waals surface area contributed by atoms with Gasteiger partial charge in [0.15, 0.2) is 17.1 Å². The number of imidazole rings is 1. The fourth-order valence-corrected chi connectivity index (χ4v) is 4.03. The third-order valence-corrected chi connectivity index (χ3v) is 5.67. The summed E-state index contributed by atoms with van der Waals surface area (Å²) in [6, 6.07) is 13.3. The highest BCUT2D eigenvalue weighted by atomic mass is 19.1. The number of hydrogen-bond acceptors (Lipinski definition) is 5. The number of aliphatic hydroxyl groups excluding tert-OH is 1. The van der Waals surface area contributed by atoms with Gasteiger partial charge in [0.2, 0.25) is 0 Å². The van der Waals surface area contributed by atoms with Gasteiger partial charge in [-0.1, -0.05) is 24.3 Å². The number of ether oxygens (including phenoxy) is 2. The van der Waals surface area contributed by atoms with E-state index in [0.29, 0.717) is 40.4 Å². The van der Waals surface area contributed by atoms with E-state index >= 15 is 0 Å². The highest BCUT2D eigenvalue weighted by Gasteiger charge is 2.22. The number of rotatable bonds is 8. The van der Waals surface area contributed by atoms with Crippen LogP contribution in [0.4, 0.5) is 4.39 Å². The predicted molar refractivity (Wildman–Crippen MR) is 124 cm³/mol. The Bertz CT molecular complexity index is 1350. The SMILES string of the molecule is CCOc1cc([C@@H](C)n2c(=O)n(CCO)c3cc(-c4ccccc4F)cnc32)ccc1OC. The molecule has 33 heavy (non-hydrogen) atoms. The number of pyridine rings is 1. The molecular weight excluding hydrogens is 425 g/mol. The predicted octanol–water partition coefficient (Wildman–Crippen LogP) is 4.01. The van der Waals surface area contributed by atoms with Gasteiger partial charge < -0.3 is 14.6 Å². The van der Waals surface area contributed by atoms with Gasteiger partial charge in [0.05, 0.1) is 38.4 Å². The number of halogens is 1. The molecule has 4 rings (SSSR count). The Morgan fingerprint density at radius 1 is 1.15 bits per heavy atom. The zero-order valence-corrected chi connectivity index (χ0v) is 18.8. The van der Waals surface area contributed by atoms with E-state index in [4.69, 9.17) is 9.47 Å². The molecule has 0 saturated heterocycles. The van der Waals surface area contributed by atoms with Crippen LogP contribution in [0.1, 0.15) is 25.5 Å². The first kappa shape index (κ1) is 22.5. The fourth-order valence-electron chi connectivity index (χ4n) is 4.03. The molecule has 2 heterocycles. The van der Waals surface area contributed by atoms with Crippen molar-refractivity contribution in [2.24, 2.45) is 0 Å². The summed E-state index contributed by atoms with van der Waals surface area (Å²) in [5.41, 5.74) is 2.46. The van der Waals surface area contributed by atoms with Gasteiger partial charge in [-0.15, -0.1) is 0 Å². The Morgan fingerprint density at radius 2 is 1.94 bits per heavy atom. The maximum atomic E-state index is 14.4. The van der Waals surface area contributed by atoms with Crippen LogP contribution in [0.2, 0.25) is 0 Å². The lowest BCUT2D eigenvalue weighted by Gasteiger charge is -2.17. The zero-order chi connectivity index (χ0) is 23.5. The number of fused-ring (bicyclic) bond motifs is 1. The summed E-state index contributed by atoms with van der Waals surface area (Å²) in [7, 11) is 1.57. The maximum Gasteiger partial charge on any atom is 0.330 e. The Labute approximate surface area is 190 Å². The van der Waals surface area contributed by atoms with Crippen molar-refractivity contribution < 1.29 is 19.0 Å². The van der Waals surface area contributed by atoms with Crippen molar-refractivity contribution >= 4 is 11.2 Å². The third-order valence-electron chi connectivity index (χ3n) is 5.67. The molecule has 0 bridgehead atoms. The van der Waals surface area contributed by atoms with E-state index in [-0.39, 0.29) is 30.7 Å². The Morgan fingerprint density at radius 3 is 2.64 bits per heavy atom. The lowest BCUT2D eigenvalue weighted by molar-refractivity contribution is 0.275. The number of methoxy groups -OCH3 is 1. The monoisotopic (exact) mass is 451 g/mol. The second-order valence-corrected chi connectivity index (χ2v) is 7.59. The topological polar surface area (TPSA) is 78.5 Å². The van der Waals surface area contributed by atoms with Crippen molar-refractivity contribution in [3.8, 4) is 22.6 Å². The molecule has 1 N–H and O–H groups in total. The van der Waals surface area contributed by atoms with Crippen LogP contribution in [0.3, 0.4) is 0 Å².